The van der Waals surface area contributed by atoms with Crippen LogP contribution >= 0.6 is 23.1 Å². The highest BCUT2D eigenvalue weighted by Crippen LogP contribution is 2.35. The molecule has 0 aliphatic heterocycles. The van der Waals surface area contributed by atoms with Gasteiger partial charge in [-0.15, -0.1) is 0 Å². The first-order chi connectivity index (χ1) is 15.5. The van der Waals surface area contributed by atoms with E-state index in [4.69, 9.17) is 9.84 Å². The number of amides is 2. The van der Waals surface area contributed by atoms with Gasteiger partial charge in [-0.3, -0.25) is 10.1 Å². The maximum Gasteiger partial charge on any atom is 0.324 e. The van der Waals surface area contributed by atoms with Crippen LogP contribution in [-0.2, 0) is 9.53 Å². The van der Waals surface area contributed by atoms with E-state index in [0.717, 1.165) is 55.3 Å². The quantitative estimate of drug-likeness (QED) is 0.445. The van der Waals surface area contributed by atoms with Crippen LogP contribution < -0.4 is 5.32 Å². The standard InChI is InChI=1S/C23H35N3O4S2/c1-15(21(27)28)31-20-13-24-22(32-20)25-23(29)26(17-5-3-2-4-6-17)18-9-11-19(12-10-18)30-14-16-7-8-16/h13,15-19H,2-12,14H2,1H3,(H,27,28)(H,24,25,29). The summed E-state index contributed by atoms with van der Waals surface area (Å²) in [6, 6.07) is 0.481. The third-order valence-corrected chi connectivity index (χ3v) is 8.98. The first-order valence-electron chi connectivity index (χ1n) is 12.1. The van der Waals surface area contributed by atoms with Gasteiger partial charge in [-0.1, -0.05) is 42.4 Å². The van der Waals surface area contributed by atoms with E-state index >= 15 is 0 Å². The maximum absolute atomic E-state index is 13.4. The summed E-state index contributed by atoms with van der Waals surface area (Å²) < 4.78 is 6.92. The molecule has 0 aromatic carbocycles. The minimum atomic E-state index is -0.853. The number of hydrogen-bond acceptors (Lipinski definition) is 6. The average Bonchev–Trinajstić information content (AvgIpc) is 3.53. The summed E-state index contributed by atoms with van der Waals surface area (Å²) in [5, 5.41) is 12.1. The monoisotopic (exact) mass is 481 g/mol. The molecule has 178 valence electrons. The molecule has 1 unspecified atom stereocenters. The molecule has 2 N–H and O–H groups in total. The van der Waals surface area contributed by atoms with Crippen molar-refractivity contribution in [3.05, 3.63) is 6.20 Å². The van der Waals surface area contributed by atoms with Crippen LogP contribution in [0, 0.1) is 5.92 Å². The number of carboxylic acid groups (broad SMARTS) is 1. The number of hydrogen-bond donors (Lipinski definition) is 2. The molecule has 1 aromatic rings. The highest BCUT2D eigenvalue weighted by molar-refractivity contribution is 8.02. The number of thioether (sulfide) groups is 1. The van der Waals surface area contributed by atoms with E-state index < -0.39 is 11.2 Å². The highest BCUT2D eigenvalue weighted by Gasteiger charge is 2.35. The van der Waals surface area contributed by atoms with Crippen molar-refractivity contribution in [1.29, 1.82) is 0 Å². The summed E-state index contributed by atoms with van der Waals surface area (Å²) in [6.45, 7) is 2.56. The minimum Gasteiger partial charge on any atom is -0.480 e. The van der Waals surface area contributed by atoms with Crippen molar-refractivity contribution in [2.24, 2.45) is 5.92 Å². The lowest BCUT2D eigenvalue weighted by Gasteiger charge is -2.42. The van der Waals surface area contributed by atoms with Gasteiger partial charge in [0.25, 0.3) is 0 Å². The topological polar surface area (TPSA) is 91.8 Å². The maximum atomic E-state index is 13.4. The van der Waals surface area contributed by atoms with E-state index in [1.807, 2.05) is 0 Å². The van der Waals surface area contributed by atoms with E-state index in [1.54, 1.807) is 13.1 Å². The second kappa shape index (κ2) is 11.2. The molecule has 3 aliphatic rings. The summed E-state index contributed by atoms with van der Waals surface area (Å²) in [6.07, 6.45) is 14.4. The van der Waals surface area contributed by atoms with Crippen LogP contribution in [0.1, 0.15) is 77.6 Å². The van der Waals surface area contributed by atoms with Gasteiger partial charge in [0.2, 0.25) is 0 Å². The molecule has 0 saturated heterocycles. The number of anilines is 1. The van der Waals surface area contributed by atoms with Crippen molar-refractivity contribution >= 4 is 40.2 Å². The number of nitrogens with one attached hydrogen (secondary N) is 1. The summed E-state index contributed by atoms with van der Waals surface area (Å²) in [5.74, 6) is -0.0637. The molecule has 1 heterocycles. The molecular formula is C23H35N3O4S2. The Hall–Kier alpha value is -1.32. The van der Waals surface area contributed by atoms with Crippen LogP contribution in [0.15, 0.2) is 10.4 Å². The molecule has 9 heteroatoms. The Balaban J connectivity index is 1.36. The van der Waals surface area contributed by atoms with Gasteiger partial charge in [-0.25, -0.2) is 9.78 Å². The molecule has 3 aliphatic carbocycles. The lowest BCUT2D eigenvalue weighted by molar-refractivity contribution is -0.136. The van der Waals surface area contributed by atoms with Gasteiger partial charge < -0.3 is 14.7 Å². The molecule has 32 heavy (non-hydrogen) atoms. The fourth-order valence-corrected chi connectivity index (χ4v) is 6.75. The minimum absolute atomic E-state index is 0.0589. The molecular weight excluding hydrogens is 446 g/mol. The van der Waals surface area contributed by atoms with Crippen LogP contribution in [0.3, 0.4) is 0 Å². The molecule has 0 radical (unpaired) electrons. The van der Waals surface area contributed by atoms with E-state index in [-0.39, 0.29) is 12.1 Å². The fraction of sp³-hybridized carbons (Fsp3) is 0.783. The normalized spacial score (nSPS) is 25.3. The Labute approximate surface area is 198 Å². The van der Waals surface area contributed by atoms with Crippen LogP contribution in [-0.4, -0.2) is 57.0 Å². The van der Waals surface area contributed by atoms with Gasteiger partial charge in [0.05, 0.1) is 16.5 Å². The van der Waals surface area contributed by atoms with Gasteiger partial charge in [0, 0.05) is 18.7 Å². The smallest absolute Gasteiger partial charge is 0.324 e. The molecule has 2 amide bonds. The number of carbonyl (C=O) groups is 2. The van der Waals surface area contributed by atoms with Crippen LogP contribution in [0.25, 0.3) is 0 Å². The number of urea groups is 1. The van der Waals surface area contributed by atoms with Gasteiger partial charge in [-0.2, -0.15) is 0 Å². The van der Waals surface area contributed by atoms with Gasteiger partial charge in [-0.05, 0) is 64.2 Å². The van der Waals surface area contributed by atoms with E-state index in [1.165, 1.54) is 55.2 Å². The summed E-state index contributed by atoms with van der Waals surface area (Å²) >= 11 is 2.60. The number of carbonyl (C=O) groups excluding carboxylic acids is 1. The Kier molecular flexibility index (Phi) is 8.34. The second-order valence-corrected chi connectivity index (χ2v) is 12.1. The van der Waals surface area contributed by atoms with Gasteiger partial charge >= 0.3 is 12.0 Å². The SMILES string of the molecule is CC(Sc1cnc(NC(=O)N(C2CCCCC2)C2CCC(OCC3CC3)CC2)s1)C(=O)O. The van der Waals surface area contributed by atoms with Gasteiger partial charge in [0.15, 0.2) is 5.13 Å². The Morgan fingerprint density at radius 1 is 1.16 bits per heavy atom. The van der Waals surface area contributed by atoms with Crippen LogP contribution in [0.2, 0.25) is 0 Å². The zero-order valence-electron chi connectivity index (χ0n) is 18.8. The molecule has 4 rings (SSSR count). The zero-order chi connectivity index (χ0) is 22.5. The van der Waals surface area contributed by atoms with E-state index in [2.05, 4.69) is 15.2 Å². The lowest BCUT2D eigenvalue weighted by atomic mass is 9.88. The van der Waals surface area contributed by atoms with Crippen molar-refractivity contribution in [3.8, 4) is 0 Å². The summed E-state index contributed by atoms with van der Waals surface area (Å²) in [7, 11) is 0. The molecule has 0 bridgehead atoms. The Morgan fingerprint density at radius 3 is 2.50 bits per heavy atom. The predicted molar refractivity (Wildman–Crippen MR) is 128 cm³/mol. The molecule has 1 aromatic heterocycles. The number of aromatic nitrogens is 1. The average molecular weight is 482 g/mol. The van der Waals surface area contributed by atoms with Gasteiger partial charge in [0.1, 0.15) is 5.25 Å². The number of carboxylic acids is 1. The largest absolute Gasteiger partial charge is 0.480 e. The number of rotatable bonds is 9. The first kappa shape index (κ1) is 23.8. The molecule has 3 saturated carbocycles. The van der Waals surface area contributed by atoms with E-state index in [9.17, 15) is 9.59 Å². The number of thiazole rings is 1. The third-order valence-electron chi connectivity index (χ3n) is 6.84. The van der Waals surface area contributed by atoms with E-state index in [0.29, 0.717) is 17.3 Å². The predicted octanol–water partition coefficient (Wildman–Crippen LogP) is 5.61. The Morgan fingerprint density at radius 2 is 1.84 bits per heavy atom. The zero-order valence-corrected chi connectivity index (χ0v) is 20.5. The molecule has 0 spiro atoms. The molecule has 1 atom stereocenters. The van der Waals surface area contributed by atoms with Crippen molar-refractivity contribution in [2.75, 3.05) is 11.9 Å². The van der Waals surface area contributed by atoms with Crippen molar-refractivity contribution in [3.63, 3.8) is 0 Å². The summed E-state index contributed by atoms with van der Waals surface area (Å²) in [4.78, 5) is 31.0. The van der Waals surface area contributed by atoms with Crippen molar-refractivity contribution < 1.29 is 19.4 Å². The third kappa shape index (κ3) is 6.60. The lowest BCUT2D eigenvalue weighted by Crippen LogP contribution is -2.51. The molecule has 7 nitrogen and oxygen atoms in total. The highest BCUT2D eigenvalue weighted by atomic mass is 32.2. The van der Waals surface area contributed by atoms with Crippen LogP contribution in [0.5, 0.6) is 0 Å². The first-order valence-corrected chi connectivity index (χ1v) is 13.8. The van der Waals surface area contributed by atoms with Crippen LogP contribution in [0.4, 0.5) is 9.93 Å². The number of aliphatic carboxylic acids is 1. The fourth-order valence-electron chi connectivity index (χ4n) is 4.79. The second-order valence-electron chi connectivity index (χ2n) is 9.42. The number of ether oxygens (including phenoxy) is 1. The molecule has 3 fully saturated rings. The number of nitrogens with zero attached hydrogens (tertiary/aromatic N) is 2. The Bertz CT molecular complexity index is 771. The van der Waals surface area contributed by atoms with Crippen molar-refractivity contribution in [2.45, 2.75) is 105 Å². The summed E-state index contributed by atoms with van der Waals surface area (Å²) in [5.41, 5.74) is 0. The van der Waals surface area contributed by atoms with Crippen molar-refractivity contribution in [1.82, 2.24) is 9.88 Å².